The zero-order chi connectivity index (χ0) is 30.2. The van der Waals surface area contributed by atoms with Crippen LogP contribution in [0.3, 0.4) is 0 Å². The van der Waals surface area contributed by atoms with Crippen LogP contribution in [0.25, 0.3) is 5.82 Å². The molecule has 1 aromatic carbocycles. The average molecular weight is 603 g/mol. The first-order valence-electron chi connectivity index (χ1n) is 13.0. The quantitative estimate of drug-likeness (QED) is 0.255. The second kappa shape index (κ2) is 11.4. The van der Waals surface area contributed by atoms with Crippen LogP contribution in [0.5, 0.6) is 0 Å². The first kappa shape index (κ1) is 29.0. The maximum absolute atomic E-state index is 13.7. The van der Waals surface area contributed by atoms with Crippen LogP contribution in [-0.2, 0) is 12.7 Å². The molecule has 0 aliphatic heterocycles. The van der Waals surface area contributed by atoms with Gasteiger partial charge in [0.15, 0.2) is 5.82 Å². The standard InChI is InChI=1S/C26H26ClF3N10O2/c1-13-9-16(31)10-18(23(41)33-14(2)15-5-3-6-15)21(13)34-24(42)20-11-17(12-39-25(26(28,29)30)35-37-38-39)36-40(20)22-19(27)7-4-8-32-22/h4,7-11,14-15H,3,5-6,12,31H2,1-2H3,(H,33,41)(H,34,42). The summed E-state index contributed by atoms with van der Waals surface area (Å²) in [5.74, 6) is -2.02. The van der Waals surface area contributed by atoms with E-state index in [1.54, 1.807) is 19.1 Å². The maximum atomic E-state index is 13.7. The van der Waals surface area contributed by atoms with E-state index in [0.717, 1.165) is 23.9 Å². The molecular formula is C26H26ClF3N10O2. The second-order valence-corrected chi connectivity index (χ2v) is 10.5. The minimum atomic E-state index is -4.81. The number of aromatic nitrogens is 7. The van der Waals surface area contributed by atoms with Gasteiger partial charge >= 0.3 is 6.18 Å². The lowest BCUT2D eigenvalue weighted by molar-refractivity contribution is -0.147. The van der Waals surface area contributed by atoms with Crippen LogP contribution in [0.4, 0.5) is 24.5 Å². The van der Waals surface area contributed by atoms with Gasteiger partial charge < -0.3 is 16.4 Å². The Kier molecular flexibility index (Phi) is 7.86. The number of nitrogen functional groups attached to an aromatic ring is 1. The number of hydrogen-bond donors (Lipinski definition) is 3. The van der Waals surface area contributed by atoms with E-state index in [-0.39, 0.29) is 39.5 Å². The van der Waals surface area contributed by atoms with Crippen molar-refractivity contribution in [3.63, 3.8) is 0 Å². The number of aryl methyl sites for hydroxylation is 1. The molecule has 0 spiro atoms. The molecule has 1 aliphatic rings. The summed E-state index contributed by atoms with van der Waals surface area (Å²) in [5.41, 5.74) is 7.18. The van der Waals surface area contributed by atoms with Crippen LogP contribution in [0.15, 0.2) is 36.5 Å². The van der Waals surface area contributed by atoms with Crippen molar-refractivity contribution in [3.05, 3.63) is 69.9 Å². The van der Waals surface area contributed by atoms with E-state index in [4.69, 9.17) is 17.3 Å². The summed E-state index contributed by atoms with van der Waals surface area (Å²) in [5, 5.41) is 19.7. The number of halogens is 4. The molecule has 42 heavy (non-hydrogen) atoms. The monoisotopic (exact) mass is 602 g/mol. The second-order valence-electron chi connectivity index (χ2n) is 10.1. The number of carbonyl (C=O) groups excluding carboxylic acids is 2. The number of benzene rings is 1. The van der Waals surface area contributed by atoms with Gasteiger partial charge in [0.1, 0.15) is 5.69 Å². The van der Waals surface area contributed by atoms with Crippen molar-refractivity contribution in [3.8, 4) is 5.82 Å². The Balaban J connectivity index is 1.50. The summed E-state index contributed by atoms with van der Waals surface area (Å²) in [6.07, 6.45) is -0.221. The van der Waals surface area contributed by atoms with Gasteiger partial charge in [-0.3, -0.25) is 9.59 Å². The fourth-order valence-corrected chi connectivity index (χ4v) is 4.91. The molecular weight excluding hydrogens is 577 g/mol. The summed E-state index contributed by atoms with van der Waals surface area (Å²) in [6.45, 7) is 3.12. The van der Waals surface area contributed by atoms with Gasteiger partial charge in [0, 0.05) is 17.9 Å². The van der Waals surface area contributed by atoms with E-state index < -0.39 is 30.4 Å². The smallest absolute Gasteiger partial charge is 0.399 e. The Morgan fingerprint density at radius 1 is 1.21 bits per heavy atom. The minimum absolute atomic E-state index is 0.0148. The van der Waals surface area contributed by atoms with Crippen molar-refractivity contribution in [1.82, 2.24) is 40.3 Å². The first-order chi connectivity index (χ1) is 19.9. The van der Waals surface area contributed by atoms with Gasteiger partial charge in [0.2, 0.25) is 0 Å². The van der Waals surface area contributed by atoms with Crippen molar-refractivity contribution in [2.45, 2.75) is 51.9 Å². The predicted molar refractivity (Wildman–Crippen MR) is 146 cm³/mol. The van der Waals surface area contributed by atoms with Crippen LogP contribution in [0.1, 0.15) is 64.1 Å². The van der Waals surface area contributed by atoms with Gasteiger partial charge in [0.05, 0.1) is 28.5 Å². The highest BCUT2D eigenvalue weighted by molar-refractivity contribution is 6.32. The molecule has 3 aromatic heterocycles. The average Bonchev–Trinajstić information content (AvgIpc) is 3.52. The maximum Gasteiger partial charge on any atom is 0.453 e. The lowest BCUT2D eigenvalue weighted by Gasteiger charge is -2.32. The number of pyridine rings is 1. The Morgan fingerprint density at radius 2 is 1.98 bits per heavy atom. The number of amides is 2. The molecule has 2 amide bonds. The van der Waals surface area contributed by atoms with Crippen LogP contribution < -0.4 is 16.4 Å². The van der Waals surface area contributed by atoms with Crippen molar-refractivity contribution in [2.75, 3.05) is 11.1 Å². The Morgan fingerprint density at radius 3 is 2.64 bits per heavy atom. The molecule has 0 radical (unpaired) electrons. The van der Waals surface area contributed by atoms with E-state index in [1.165, 1.54) is 24.4 Å². The van der Waals surface area contributed by atoms with Crippen molar-refractivity contribution >= 4 is 34.8 Å². The Bertz CT molecular complexity index is 1650. The van der Waals surface area contributed by atoms with E-state index >= 15 is 0 Å². The molecule has 5 rings (SSSR count). The van der Waals surface area contributed by atoms with Crippen molar-refractivity contribution in [1.29, 1.82) is 0 Å². The lowest BCUT2D eigenvalue weighted by atomic mass is 9.80. The Labute approximate surface area is 242 Å². The summed E-state index contributed by atoms with van der Waals surface area (Å²) < 4.78 is 41.7. The molecule has 16 heteroatoms. The summed E-state index contributed by atoms with van der Waals surface area (Å²) in [7, 11) is 0. The summed E-state index contributed by atoms with van der Waals surface area (Å²) >= 11 is 6.32. The third-order valence-corrected chi connectivity index (χ3v) is 7.38. The van der Waals surface area contributed by atoms with Crippen LogP contribution in [0, 0.1) is 12.8 Å². The van der Waals surface area contributed by atoms with E-state index in [9.17, 15) is 22.8 Å². The molecule has 1 saturated carbocycles. The number of tetrazole rings is 1. The summed E-state index contributed by atoms with van der Waals surface area (Å²) in [6, 6.07) is 7.37. The SMILES string of the molecule is Cc1cc(N)cc(C(=O)NC(C)C2CCC2)c1NC(=O)c1cc(Cn2nnnc2C(F)(F)F)nn1-c1ncccc1Cl. The van der Waals surface area contributed by atoms with Crippen LogP contribution in [-0.4, -0.2) is 52.8 Å². The molecule has 220 valence electrons. The van der Waals surface area contributed by atoms with E-state index in [1.807, 2.05) is 6.92 Å². The molecule has 4 N–H and O–H groups in total. The highest BCUT2D eigenvalue weighted by Crippen LogP contribution is 2.31. The molecule has 0 bridgehead atoms. The van der Waals surface area contributed by atoms with Gasteiger partial charge in [-0.25, -0.2) is 14.3 Å². The highest BCUT2D eigenvalue weighted by atomic mass is 35.5. The van der Waals surface area contributed by atoms with Crippen molar-refractivity contribution in [2.24, 2.45) is 5.92 Å². The van der Waals surface area contributed by atoms with Crippen LogP contribution >= 0.6 is 11.6 Å². The van der Waals surface area contributed by atoms with Gasteiger partial charge in [-0.2, -0.15) is 18.3 Å². The fourth-order valence-electron chi connectivity index (χ4n) is 4.71. The van der Waals surface area contributed by atoms with Crippen LogP contribution in [0.2, 0.25) is 5.02 Å². The molecule has 1 aliphatic carbocycles. The third kappa shape index (κ3) is 5.91. The van der Waals surface area contributed by atoms with E-state index in [0.29, 0.717) is 21.9 Å². The zero-order valence-corrected chi connectivity index (χ0v) is 23.2. The number of nitrogens with zero attached hydrogens (tertiary/aromatic N) is 7. The molecule has 4 aromatic rings. The first-order valence-corrected chi connectivity index (χ1v) is 13.4. The van der Waals surface area contributed by atoms with Crippen molar-refractivity contribution < 1.29 is 22.8 Å². The molecule has 1 atom stereocenters. The third-order valence-electron chi connectivity index (χ3n) is 7.09. The minimum Gasteiger partial charge on any atom is -0.399 e. The zero-order valence-electron chi connectivity index (χ0n) is 22.5. The number of anilines is 2. The topological polar surface area (TPSA) is 159 Å². The van der Waals surface area contributed by atoms with E-state index in [2.05, 4.69) is 36.2 Å². The van der Waals surface area contributed by atoms with Gasteiger partial charge in [-0.05, 0) is 78.9 Å². The number of hydrogen-bond acceptors (Lipinski definition) is 8. The molecule has 1 fully saturated rings. The molecule has 3 heterocycles. The number of nitrogens with two attached hydrogens (primary N) is 1. The number of alkyl halides is 3. The molecule has 12 nitrogen and oxygen atoms in total. The lowest BCUT2D eigenvalue weighted by Crippen LogP contribution is -2.41. The fraction of sp³-hybridized carbons (Fsp3) is 0.346. The molecule has 1 unspecified atom stereocenters. The molecule has 0 saturated heterocycles. The number of nitrogens with one attached hydrogen (secondary N) is 2. The highest BCUT2D eigenvalue weighted by Gasteiger charge is 2.38. The number of rotatable bonds is 8. The largest absolute Gasteiger partial charge is 0.453 e. The Hall–Kier alpha value is -4.53. The van der Waals surface area contributed by atoms with Gasteiger partial charge in [-0.1, -0.05) is 18.0 Å². The summed E-state index contributed by atoms with van der Waals surface area (Å²) in [4.78, 5) is 31.2. The number of carbonyl (C=O) groups is 2. The van der Waals surface area contributed by atoms with Gasteiger partial charge in [0.25, 0.3) is 17.6 Å². The van der Waals surface area contributed by atoms with Gasteiger partial charge in [-0.15, -0.1) is 5.10 Å². The predicted octanol–water partition coefficient (Wildman–Crippen LogP) is 4.04. The normalized spacial score (nSPS) is 14.3.